The van der Waals surface area contributed by atoms with Crippen LogP contribution in [-0.2, 0) is 16.6 Å². The molecule has 0 unspecified atom stereocenters. The van der Waals surface area contributed by atoms with E-state index in [0.717, 1.165) is 14.1 Å². The number of pyridine rings is 1. The van der Waals surface area contributed by atoms with Crippen molar-refractivity contribution in [2.24, 2.45) is 0 Å². The van der Waals surface area contributed by atoms with Gasteiger partial charge in [0.25, 0.3) is 5.91 Å². The first-order valence-corrected chi connectivity index (χ1v) is 13.1. The third-order valence-electron chi connectivity index (χ3n) is 5.46. The molecule has 0 spiro atoms. The molecule has 0 saturated carbocycles. The maximum absolute atomic E-state index is 13.4. The van der Waals surface area contributed by atoms with Crippen LogP contribution in [0.5, 0.6) is 0 Å². The van der Waals surface area contributed by atoms with Crippen molar-refractivity contribution in [3.05, 3.63) is 64.7 Å². The Morgan fingerprint density at radius 3 is 2.56 bits per heavy atom. The molecule has 1 amide bonds. The molecular formula is C24H27N5O3S2. The summed E-state index contributed by atoms with van der Waals surface area (Å²) in [5.74, 6) is -0.317. The summed E-state index contributed by atoms with van der Waals surface area (Å²) in [7, 11) is -0.672. The smallest absolute Gasteiger partial charge is 0.252 e. The molecule has 8 nitrogen and oxygen atoms in total. The molecule has 0 aliphatic rings. The van der Waals surface area contributed by atoms with Gasteiger partial charge < -0.3 is 5.32 Å². The minimum atomic E-state index is -3.64. The predicted molar refractivity (Wildman–Crippen MR) is 134 cm³/mol. The topological polar surface area (TPSA) is 97.2 Å². The van der Waals surface area contributed by atoms with Gasteiger partial charge >= 0.3 is 0 Å². The number of fused-ring (bicyclic) bond motifs is 1. The first-order chi connectivity index (χ1) is 16.1. The van der Waals surface area contributed by atoms with Crippen LogP contribution in [0.15, 0.2) is 53.6 Å². The van der Waals surface area contributed by atoms with Gasteiger partial charge in [-0.15, -0.1) is 11.3 Å². The lowest BCUT2D eigenvalue weighted by Crippen LogP contribution is -2.27. The van der Waals surface area contributed by atoms with E-state index in [9.17, 15) is 13.2 Å². The van der Waals surface area contributed by atoms with Crippen molar-refractivity contribution in [1.29, 1.82) is 0 Å². The second-order valence-corrected chi connectivity index (χ2v) is 11.9. The average Bonchev–Trinajstić information content (AvgIpc) is 3.43. The van der Waals surface area contributed by atoms with E-state index in [0.29, 0.717) is 27.9 Å². The largest absolute Gasteiger partial charge is 0.348 e. The first kappa shape index (κ1) is 24.1. The van der Waals surface area contributed by atoms with Crippen LogP contribution in [0.1, 0.15) is 40.7 Å². The zero-order valence-corrected chi connectivity index (χ0v) is 21.4. The molecule has 0 aliphatic carbocycles. The van der Waals surface area contributed by atoms with E-state index in [4.69, 9.17) is 4.98 Å². The van der Waals surface area contributed by atoms with Crippen LogP contribution in [-0.4, -0.2) is 47.5 Å². The van der Waals surface area contributed by atoms with Crippen LogP contribution in [0.2, 0.25) is 0 Å². The van der Waals surface area contributed by atoms with Crippen molar-refractivity contribution in [1.82, 2.24) is 24.4 Å². The Labute approximate surface area is 203 Å². The van der Waals surface area contributed by atoms with Gasteiger partial charge in [-0.2, -0.15) is 5.10 Å². The number of carbonyl (C=O) groups excluding carboxylic acids is 1. The van der Waals surface area contributed by atoms with Gasteiger partial charge in [-0.25, -0.2) is 22.4 Å². The van der Waals surface area contributed by atoms with Crippen LogP contribution in [0.3, 0.4) is 0 Å². The number of nitrogens with one attached hydrogen (secondary N) is 1. The summed E-state index contributed by atoms with van der Waals surface area (Å²) in [6, 6.07) is 12.5. The lowest BCUT2D eigenvalue weighted by Gasteiger charge is -2.16. The SMILES string of the molecule is Cc1ccc(-c2cc(C(=O)NCc3ccccc3S(=O)(=O)N(C)C)c3cnn(C(C)C)c3n2)s1. The van der Waals surface area contributed by atoms with E-state index in [-0.39, 0.29) is 23.4 Å². The van der Waals surface area contributed by atoms with Gasteiger partial charge in [-0.05, 0) is 50.6 Å². The van der Waals surface area contributed by atoms with Gasteiger partial charge in [0, 0.05) is 31.6 Å². The maximum atomic E-state index is 13.4. The molecular weight excluding hydrogens is 470 g/mol. The third-order valence-corrected chi connectivity index (χ3v) is 8.40. The molecule has 0 saturated heterocycles. The lowest BCUT2D eigenvalue weighted by molar-refractivity contribution is 0.0952. The molecule has 0 radical (unpaired) electrons. The van der Waals surface area contributed by atoms with E-state index in [1.165, 1.54) is 14.1 Å². The lowest BCUT2D eigenvalue weighted by atomic mass is 10.1. The molecule has 0 bridgehead atoms. The molecule has 3 aromatic heterocycles. The van der Waals surface area contributed by atoms with Gasteiger partial charge in [-0.3, -0.25) is 4.79 Å². The summed E-state index contributed by atoms with van der Waals surface area (Å²) in [6.07, 6.45) is 1.66. The molecule has 0 atom stereocenters. The molecule has 3 heterocycles. The molecule has 0 aliphatic heterocycles. The standard InChI is InChI=1S/C24H27N5O3S2/c1-15(2)29-23-19(14-26-29)18(12-20(27-23)21-11-10-16(3)33-21)24(30)25-13-17-8-6-7-9-22(17)34(31,32)28(4)5/h6-12,14-15H,13H2,1-5H3,(H,25,30). The van der Waals surface area contributed by atoms with Gasteiger partial charge in [-0.1, -0.05) is 18.2 Å². The van der Waals surface area contributed by atoms with Crippen LogP contribution < -0.4 is 5.32 Å². The molecule has 0 fully saturated rings. The fourth-order valence-electron chi connectivity index (χ4n) is 3.65. The Kier molecular flexibility index (Phi) is 6.57. The summed E-state index contributed by atoms with van der Waals surface area (Å²) in [4.78, 5) is 20.5. The van der Waals surface area contributed by atoms with E-state index in [1.807, 2.05) is 32.9 Å². The number of hydrogen-bond acceptors (Lipinski definition) is 6. The summed E-state index contributed by atoms with van der Waals surface area (Å²) in [5.41, 5.74) is 2.31. The Balaban J connectivity index is 1.73. The summed E-state index contributed by atoms with van der Waals surface area (Å²) >= 11 is 1.61. The van der Waals surface area contributed by atoms with Crippen molar-refractivity contribution < 1.29 is 13.2 Å². The van der Waals surface area contributed by atoms with Crippen molar-refractivity contribution in [2.75, 3.05) is 14.1 Å². The van der Waals surface area contributed by atoms with Gasteiger partial charge in [0.1, 0.15) is 0 Å². The highest BCUT2D eigenvalue weighted by atomic mass is 32.2. The second-order valence-electron chi connectivity index (χ2n) is 8.46. The minimum Gasteiger partial charge on any atom is -0.348 e. The molecule has 178 valence electrons. The number of rotatable bonds is 7. The number of nitrogens with zero attached hydrogens (tertiary/aromatic N) is 4. The van der Waals surface area contributed by atoms with Crippen LogP contribution in [0.4, 0.5) is 0 Å². The van der Waals surface area contributed by atoms with Gasteiger partial charge in [0.2, 0.25) is 10.0 Å². The molecule has 1 aromatic carbocycles. The molecule has 1 N–H and O–H groups in total. The first-order valence-electron chi connectivity index (χ1n) is 10.8. The Bertz CT molecular complexity index is 1470. The number of carbonyl (C=O) groups is 1. The average molecular weight is 498 g/mol. The second kappa shape index (κ2) is 9.28. The van der Waals surface area contributed by atoms with Crippen LogP contribution in [0.25, 0.3) is 21.6 Å². The van der Waals surface area contributed by atoms with E-state index < -0.39 is 10.0 Å². The van der Waals surface area contributed by atoms with Crippen molar-refractivity contribution in [3.8, 4) is 10.6 Å². The highest BCUT2D eigenvalue weighted by molar-refractivity contribution is 7.89. The fraction of sp³-hybridized carbons (Fsp3) is 0.292. The minimum absolute atomic E-state index is 0.0671. The Morgan fingerprint density at radius 2 is 1.91 bits per heavy atom. The Hall–Kier alpha value is -3.08. The molecule has 34 heavy (non-hydrogen) atoms. The predicted octanol–water partition coefficient (Wildman–Crippen LogP) is 4.23. The number of hydrogen-bond donors (Lipinski definition) is 1. The Morgan fingerprint density at radius 1 is 1.18 bits per heavy atom. The number of aryl methyl sites for hydroxylation is 1. The van der Waals surface area contributed by atoms with Gasteiger partial charge in [0.05, 0.1) is 32.6 Å². The number of thiophene rings is 1. The van der Waals surface area contributed by atoms with Crippen molar-refractivity contribution >= 4 is 38.3 Å². The number of benzene rings is 1. The highest BCUT2D eigenvalue weighted by Gasteiger charge is 2.22. The van der Waals surface area contributed by atoms with Gasteiger partial charge in [0.15, 0.2) is 5.65 Å². The number of sulfonamides is 1. The fourth-order valence-corrected chi connectivity index (χ4v) is 5.59. The van der Waals surface area contributed by atoms with Crippen LogP contribution >= 0.6 is 11.3 Å². The summed E-state index contributed by atoms with van der Waals surface area (Å²) in [6.45, 7) is 6.12. The highest BCUT2D eigenvalue weighted by Crippen LogP contribution is 2.30. The quantitative estimate of drug-likeness (QED) is 0.412. The maximum Gasteiger partial charge on any atom is 0.252 e. The zero-order valence-electron chi connectivity index (χ0n) is 19.7. The number of amides is 1. The third kappa shape index (κ3) is 4.48. The normalized spacial score (nSPS) is 12.1. The van der Waals surface area contributed by atoms with E-state index in [2.05, 4.69) is 10.4 Å². The molecule has 10 heteroatoms. The number of aromatic nitrogens is 3. The summed E-state index contributed by atoms with van der Waals surface area (Å²) < 4.78 is 28.4. The monoisotopic (exact) mass is 497 g/mol. The van der Waals surface area contributed by atoms with Crippen molar-refractivity contribution in [3.63, 3.8) is 0 Å². The van der Waals surface area contributed by atoms with Crippen molar-refractivity contribution in [2.45, 2.75) is 38.3 Å². The molecule has 4 rings (SSSR count). The zero-order chi connectivity index (χ0) is 24.6. The molecule has 4 aromatic rings. The van der Waals surface area contributed by atoms with Crippen LogP contribution in [0, 0.1) is 6.92 Å². The summed E-state index contributed by atoms with van der Waals surface area (Å²) in [5, 5.41) is 8.00. The van der Waals surface area contributed by atoms with E-state index >= 15 is 0 Å². The van der Waals surface area contributed by atoms with E-state index in [1.54, 1.807) is 52.5 Å².